The Morgan fingerprint density at radius 2 is 0.220 bits per heavy atom. The molecule has 0 aliphatic heterocycles. The lowest BCUT2D eigenvalue weighted by molar-refractivity contribution is -0.138. The lowest BCUT2D eigenvalue weighted by Crippen LogP contribution is -1.93. The number of hydrogen-bond acceptors (Lipinski definition) is 2. The number of aliphatic carboxylic acids is 2. The Morgan fingerprint density at radius 1 is 0.153 bits per heavy atom. The number of unbranched alkanes of at least 4 members (excludes halogenated alkanes) is 50. The highest BCUT2D eigenvalue weighted by atomic mass is 16.4. The fraction of sp³-hybridized carbons (Fsp3) is 0.964. The van der Waals surface area contributed by atoms with Gasteiger partial charge < -0.3 is 10.2 Å². The summed E-state index contributed by atoms with van der Waals surface area (Å²) in [7, 11) is 0. The first-order valence-electron chi connectivity index (χ1n) is 27.6. The zero-order chi connectivity index (χ0) is 42.6. The van der Waals surface area contributed by atoms with Crippen LogP contribution in [-0.4, -0.2) is 22.2 Å². The maximum absolute atomic E-state index is 10.5. The highest BCUT2D eigenvalue weighted by Gasteiger charge is 2.01. The van der Waals surface area contributed by atoms with Crippen LogP contribution >= 0.6 is 0 Å². The van der Waals surface area contributed by atoms with Gasteiger partial charge in [-0.3, -0.25) is 9.59 Å². The van der Waals surface area contributed by atoms with Gasteiger partial charge in [-0.1, -0.05) is 315 Å². The minimum absolute atomic E-state index is 0.344. The third-order valence-corrected chi connectivity index (χ3v) is 13.3. The molecule has 4 heteroatoms. The van der Waals surface area contributed by atoms with Crippen LogP contribution in [0.1, 0.15) is 340 Å². The van der Waals surface area contributed by atoms with Crippen LogP contribution in [-0.2, 0) is 9.59 Å². The monoisotopic (exact) mass is 833 g/mol. The Balaban J connectivity index is 3.07. The van der Waals surface area contributed by atoms with E-state index in [0.29, 0.717) is 12.8 Å². The lowest BCUT2D eigenvalue weighted by atomic mass is 10.0. The molecule has 0 spiro atoms. The predicted molar refractivity (Wildman–Crippen MR) is 260 cm³/mol. The Morgan fingerprint density at radius 3 is 0.288 bits per heavy atom. The SMILES string of the molecule is O=C(O)CCCCCCCCCCCCCCCCCCCCCCCCCCCCCCCCCCCCCCCCCCCCCCCCCCCCCC(=O)O. The quantitative estimate of drug-likeness (QED) is 0.0599. The topological polar surface area (TPSA) is 74.6 Å². The van der Waals surface area contributed by atoms with Crippen molar-refractivity contribution < 1.29 is 19.8 Å². The third-order valence-electron chi connectivity index (χ3n) is 13.3. The maximum atomic E-state index is 10.5. The largest absolute Gasteiger partial charge is 0.481 e. The van der Waals surface area contributed by atoms with Crippen molar-refractivity contribution in [1.82, 2.24) is 0 Å². The van der Waals surface area contributed by atoms with Crippen LogP contribution in [0.4, 0.5) is 0 Å². The molecule has 2 N–H and O–H groups in total. The molecule has 0 fully saturated rings. The fourth-order valence-corrected chi connectivity index (χ4v) is 9.21. The molecular formula is C55H108O4. The second-order valence-electron chi connectivity index (χ2n) is 19.3. The summed E-state index contributed by atoms with van der Waals surface area (Å²) in [4.78, 5) is 21.0. The highest BCUT2D eigenvalue weighted by molar-refractivity contribution is 5.66. The first kappa shape index (κ1) is 57.9. The van der Waals surface area contributed by atoms with Crippen LogP contribution in [0.5, 0.6) is 0 Å². The van der Waals surface area contributed by atoms with E-state index in [9.17, 15) is 9.59 Å². The van der Waals surface area contributed by atoms with E-state index in [-0.39, 0.29) is 0 Å². The van der Waals surface area contributed by atoms with E-state index in [4.69, 9.17) is 10.2 Å². The number of hydrogen-bond donors (Lipinski definition) is 2. The van der Waals surface area contributed by atoms with Gasteiger partial charge in [0, 0.05) is 12.8 Å². The van der Waals surface area contributed by atoms with Gasteiger partial charge in [0.25, 0.3) is 0 Å². The molecule has 0 aromatic heterocycles. The first-order valence-corrected chi connectivity index (χ1v) is 27.6. The predicted octanol–water partition coefficient (Wildman–Crippen LogP) is 19.8. The summed E-state index contributed by atoms with van der Waals surface area (Å²) in [6.07, 6.45) is 71.8. The molecule has 0 radical (unpaired) electrons. The van der Waals surface area contributed by atoms with Crippen molar-refractivity contribution in [3.05, 3.63) is 0 Å². The summed E-state index contributed by atoms with van der Waals surface area (Å²) in [5.41, 5.74) is 0. The van der Waals surface area contributed by atoms with Crippen molar-refractivity contribution in [2.45, 2.75) is 340 Å². The standard InChI is InChI=1S/C55H108O4/c56-54(57)52-50-48-46-44-42-40-38-36-34-32-30-28-26-24-22-20-18-16-14-12-10-8-6-4-2-1-3-5-7-9-11-13-15-17-19-21-23-25-27-29-31-33-35-37-39-41-43-45-47-49-51-53-55(58)59/h1-53H2,(H,56,57)(H,58,59). The molecule has 0 saturated heterocycles. The first-order chi connectivity index (χ1) is 29.1. The van der Waals surface area contributed by atoms with Gasteiger partial charge in [-0.05, 0) is 12.8 Å². The summed E-state index contributed by atoms with van der Waals surface area (Å²) in [5.74, 6) is -1.30. The van der Waals surface area contributed by atoms with Gasteiger partial charge in [-0.2, -0.15) is 0 Å². The van der Waals surface area contributed by atoms with E-state index in [0.717, 1.165) is 25.7 Å². The number of rotatable bonds is 54. The van der Waals surface area contributed by atoms with Crippen molar-refractivity contribution in [3.8, 4) is 0 Å². The van der Waals surface area contributed by atoms with Gasteiger partial charge in [-0.25, -0.2) is 0 Å². The Hall–Kier alpha value is -1.06. The fourth-order valence-electron chi connectivity index (χ4n) is 9.21. The molecular weight excluding hydrogens is 725 g/mol. The molecule has 352 valence electrons. The van der Waals surface area contributed by atoms with E-state index < -0.39 is 11.9 Å². The minimum atomic E-state index is -0.649. The molecule has 0 atom stereocenters. The van der Waals surface area contributed by atoms with Gasteiger partial charge in [0.2, 0.25) is 0 Å². The van der Waals surface area contributed by atoms with E-state index in [1.807, 2.05) is 0 Å². The molecule has 0 aromatic rings. The van der Waals surface area contributed by atoms with Crippen molar-refractivity contribution in [2.75, 3.05) is 0 Å². The second-order valence-corrected chi connectivity index (χ2v) is 19.3. The Kier molecular flexibility index (Phi) is 52.1. The number of carboxylic acids is 2. The number of carbonyl (C=O) groups is 2. The van der Waals surface area contributed by atoms with Crippen molar-refractivity contribution >= 4 is 11.9 Å². The van der Waals surface area contributed by atoms with E-state index in [1.165, 1.54) is 302 Å². The molecule has 0 aromatic carbocycles. The van der Waals surface area contributed by atoms with Crippen LogP contribution in [0, 0.1) is 0 Å². The second kappa shape index (κ2) is 53.1. The molecule has 0 aliphatic carbocycles. The zero-order valence-corrected chi connectivity index (χ0v) is 40.2. The molecule has 0 heterocycles. The highest BCUT2D eigenvalue weighted by Crippen LogP contribution is 2.19. The summed E-state index contributed by atoms with van der Waals surface area (Å²) >= 11 is 0. The minimum Gasteiger partial charge on any atom is -0.481 e. The molecule has 0 unspecified atom stereocenters. The molecule has 0 bridgehead atoms. The third kappa shape index (κ3) is 56.9. The van der Waals surface area contributed by atoms with Gasteiger partial charge in [0.05, 0.1) is 0 Å². The van der Waals surface area contributed by atoms with Crippen molar-refractivity contribution in [1.29, 1.82) is 0 Å². The van der Waals surface area contributed by atoms with Gasteiger partial charge in [0.1, 0.15) is 0 Å². The number of carboxylic acid groups (broad SMARTS) is 2. The van der Waals surface area contributed by atoms with Crippen LogP contribution in [0.2, 0.25) is 0 Å². The van der Waals surface area contributed by atoms with Crippen LogP contribution in [0.25, 0.3) is 0 Å². The van der Waals surface area contributed by atoms with Crippen molar-refractivity contribution in [3.63, 3.8) is 0 Å². The lowest BCUT2D eigenvalue weighted by Gasteiger charge is -2.05. The molecule has 0 aliphatic rings. The van der Waals surface area contributed by atoms with Gasteiger partial charge >= 0.3 is 11.9 Å². The van der Waals surface area contributed by atoms with Crippen LogP contribution < -0.4 is 0 Å². The van der Waals surface area contributed by atoms with E-state index in [2.05, 4.69) is 0 Å². The summed E-state index contributed by atoms with van der Waals surface area (Å²) < 4.78 is 0. The van der Waals surface area contributed by atoms with E-state index >= 15 is 0 Å². The summed E-state index contributed by atoms with van der Waals surface area (Å²) in [5, 5.41) is 17.3. The van der Waals surface area contributed by atoms with Crippen molar-refractivity contribution in [2.24, 2.45) is 0 Å². The van der Waals surface area contributed by atoms with Crippen LogP contribution in [0.3, 0.4) is 0 Å². The molecule has 0 saturated carbocycles. The van der Waals surface area contributed by atoms with Crippen LogP contribution in [0.15, 0.2) is 0 Å². The smallest absolute Gasteiger partial charge is 0.303 e. The maximum Gasteiger partial charge on any atom is 0.303 e. The molecule has 59 heavy (non-hydrogen) atoms. The molecule has 0 rings (SSSR count). The van der Waals surface area contributed by atoms with E-state index in [1.54, 1.807) is 0 Å². The summed E-state index contributed by atoms with van der Waals surface area (Å²) in [6, 6.07) is 0. The molecule has 4 nitrogen and oxygen atoms in total. The Bertz CT molecular complexity index is 732. The average Bonchev–Trinajstić information content (AvgIpc) is 3.22. The normalized spacial score (nSPS) is 11.5. The van der Waals surface area contributed by atoms with Gasteiger partial charge in [0.15, 0.2) is 0 Å². The zero-order valence-electron chi connectivity index (χ0n) is 40.2. The van der Waals surface area contributed by atoms with Gasteiger partial charge in [-0.15, -0.1) is 0 Å². The molecule has 0 amide bonds. The Labute approximate surface area is 370 Å². The summed E-state index contributed by atoms with van der Waals surface area (Å²) in [6.45, 7) is 0. The average molecular weight is 833 g/mol.